The van der Waals surface area contributed by atoms with Gasteiger partial charge >= 0.3 is 0 Å². The third kappa shape index (κ3) is 3.69. The molecule has 8 nitrogen and oxygen atoms in total. The molecule has 0 fully saturated rings. The molecule has 0 aliphatic carbocycles. The van der Waals surface area contributed by atoms with Gasteiger partial charge in [-0.05, 0) is 75.1 Å². The van der Waals surface area contributed by atoms with Gasteiger partial charge in [-0.15, -0.1) is 5.10 Å². The van der Waals surface area contributed by atoms with Crippen LogP contribution in [0.25, 0.3) is 27.7 Å². The van der Waals surface area contributed by atoms with Crippen molar-refractivity contribution in [3.05, 3.63) is 114 Å². The normalized spacial score (nSPS) is 13.1. The average Bonchev–Trinajstić information content (AvgIpc) is 3.56. The maximum absolute atomic E-state index is 14.3. The molecule has 6 rings (SSSR count). The molecule has 1 unspecified atom stereocenters. The smallest absolute Gasteiger partial charge is 0.218 e. The molecule has 3 heterocycles. The van der Waals surface area contributed by atoms with Crippen LogP contribution in [0.15, 0.2) is 85.3 Å². The van der Waals surface area contributed by atoms with Crippen LogP contribution in [0.5, 0.6) is 0 Å². The van der Waals surface area contributed by atoms with Gasteiger partial charge < -0.3 is 9.88 Å². The van der Waals surface area contributed by atoms with Gasteiger partial charge in [0, 0.05) is 19.4 Å². The van der Waals surface area contributed by atoms with E-state index >= 15 is 0 Å². The van der Waals surface area contributed by atoms with E-state index in [1.54, 1.807) is 41.3 Å². The van der Waals surface area contributed by atoms with Crippen molar-refractivity contribution in [2.45, 2.75) is 12.5 Å². The lowest BCUT2D eigenvalue weighted by molar-refractivity contribution is -0.120. The number of tetrazole rings is 1. The number of benzene rings is 3. The maximum Gasteiger partial charge on any atom is 0.218 e. The zero-order valence-electron chi connectivity index (χ0n) is 20.4. The third-order valence-corrected chi connectivity index (χ3v) is 6.69. The number of halogens is 2. The van der Waals surface area contributed by atoms with Gasteiger partial charge in [-0.2, -0.15) is 4.52 Å². The predicted octanol–water partition coefficient (Wildman–Crippen LogP) is 4.38. The van der Waals surface area contributed by atoms with Gasteiger partial charge in [0.15, 0.2) is 5.65 Å². The Balaban J connectivity index is 1.72. The van der Waals surface area contributed by atoms with Gasteiger partial charge in [0.1, 0.15) is 17.2 Å². The zero-order chi connectivity index (χ0) is 26.4. The number of fused-ring (bicyclic) bond motifs is 3. The van der Waals surface area contributed by atoms with E-state index in [0.717, 1.165) is 5.39 Å². The number of carbonyl (C=O) groups excluding carboxylic acids is 1. The number of hydrogen-bond acceptors (Lipinski definition) is 5. The van der Waals surface area contributed by atoms with Crippen molar-refractivity contribution >= 4 is 22.5 Å². The monoisotopic (exact) mass is 509 g/mol. The molecule has 10 heteroatoms. The molecule has 0 saturated carbocycles. The quantitative estimate of drug-likeness (QED) is 0.373. The minimum Gasteiger partial charge on any atom is -0.337 e. The number of hydrogen-bond donors (Lipinski definition) is 1. The molecule has 0 aliphatic heterocycles. The van der Waals surface area contributed by atoms with Gasteiger partial charge in [0.05, 0.1) is 23.7 Å². The number of nitrogens with one attached hydrogen (secondary N) is 1. The van der Waals surface area contributed by atoms with Crippen molar-refractivity contribution < 1.29 is 13.6 Å². The number of imidazole rings is 1. The molecular weight excluding hydrogens is 488 g/mol. The minimum atomic E-state index is -1.23. The van der Waals surface area contributed by atoms with Gasteiger partial charge in [-0.1, -0.05) is 30.3 Å². The molecule has 1 amide bonds. The summed E-state index contributed by atoms with van der Waals surface area (Å²) in [5, 5.41) is 15.9. The van der Waals surface area contributed by atoms with Crippen molar-refractivity contribution in [1.82, 2.24) is 34.9 Å². The highest BCUT2D eigenvalue weighted by Crippen LogP contribution is 2.40. The number of rotatable bonds is 5. The summed E-state index contributed by atoms with van der Waals surface area (Å²) in [5.74, 6) is -1.07. The van der Waals surface area contributed by atoms with Crippen molar-refractivity contribution in [1.29, 1.82) is 0 Å². The summed E-state index contributed by atoms with van der Waals surface area (Å²) in [5.41, 5.74) is 3.30. The van der Waals surface area contributed by atoms with Crippen molar-refractivity contribution in [2.24, 2.45) is 7.05 Å². The second-order valence-corrected chi connectivity index (χ2v) is 9.08. The van der Waals surface area contributed by atoms with Crippen LogP contribution < -0.4 is 5.32 Å². The van der Waals surface area contributed by atoms with E-state index in [-0.39, 0.29) is 11.7 Å². The number of nitrogens with zero attached hydrogens (tertiary/aromatic N) is 6. The number of amides is 1. The second kappa shape index (κ2) is 8.84. The van der Waals surface area contributed by atoms with E-state index in [0.29, 0.717) is 39.1 Å². The number of carbonyl (C=O) groups is 1. The van der Waals surface area contributed by atoms with Crippen LogP contribution in [-0.4, -0.2) is 35.5 Å². The fourth-order valence-electron chi connectivity index (χ4n) is 5.08. The van der Waals surface area contributed by atoms with Crippen LogP contribution in [0.3, 0.4) is 0 Å². The first kappa shape index (κ1) is 23.4. The molecular formula is C28H21F2N7O. The Morgan fingerprint density at radius 2 is 1.74 bits per heavy atom. The Kier molecular flexibility index (Phi) is 5.45. The largest absolute Gasteiger partial charge is 0.337 e. The molecule has 38 heavy (non-hydrogen) atoms. The van der Waals surface area contributed by atoms with Gasteiger partial charge in [0.25, 0.3) is 0 Å². The maximum atomic E-state index is 14.3. The number of aryl methyl sites for hydroxylation is 1. The topological polar surface area (TPSA) is 90.0 Å². The Morgan fingerprint density at radius 1 is 0.947 bits per heavy atom. The first-order valence-corrected chi connectivity index (χ1v) is 11.8. The molecule has 6 aromatic rings. The van der Waals surface area contributed by atoms with E-state index in [4.69, 9.17) is 0 Å². The molecule has 1 N–H and O–H groups in total. The van der Waals surface area contributed by atoms with E-state index in [2.05, 4.69) is 25.8 Å². The van der Waals surface area contributed by atoms with Crippen molar-refractivity contribution in [3.8, 4) is 11.1 Å². The van der Waals surface area contributed by atoms with Crippen LogP contribution in [-0.2, 0) is 17.4 Å². The molecule has 0 saturated heterocycles. The van der Waals surface area contributed by atoms with Gasteiger partial charge in [-0.3, -0.25) is 4.79 Å². The van der Waals surface area contributed by atoms with Gasteiger partial charge in [-0.25, -0.2) is 13.8 Å². The summed E-state index contributed by atoms with van der Waals surface area (Å²) < 4.78 is 31.7. The molecule has 3 aromatic heterocycles. The van der Waals surface area contributed by atoms with Crippen LogP contribution >= 0.6 is 0 Å². The van der Waals surface area contributed by atoms with Crippen molar-refractivity contribution in [2.75, 3.05) is 0 Å². The number of aromatic nitrogens is 6. The average molecular weight is 510 g/mol. The Labute approximate surface area is 215 Å². The molecule has 1 atom stereocenters. The lowest BCUT2D eigenvalue weighted by atomic mass is 9.79. The highest BCUT2D eigenvalue weighted by molar-refractivity contribution is 5.97. The molecule has 3 aromatic carbocycles. The van der Waals surface area contributed by atoms with Crippen LogP contribution in [0, 0.1) is 11.6 Å². The molecule has 0 bridgehead atoms. The third-order valence-electron chi connectivity index (χ3n) is 6.69. The summed E-state index contributed by atoms with van der Waals surface area (Å²) in [7, 11) is 1.83. The number of pyridine rings is 1. The van der Waals surface area contributed by atoms with Gasteiger partial charge in [0.2, 0.25) is 5.91 Å². The van der Waals surface area contributed by atoms with E-state index in [1.165, 1.54) is 31.2 Å². The Morgan fingerprint density at radius 3 is 2.45 bits per heavy atom. The fourth-order valence-corrected chi connectivity index (χ4v) is 5.08. The molecule has 0 spiro atoms. The summed E-state index contributed by atoms with van der Waals surface area (Å²) in [4.78, 5) is 17.0. The van der Waals surface area contributed by atoms with Crippen molar-refractivity contribution in [3.63, 3.8) is 0 Å². The molecule has 0 aliphatic rings. The fraction of sp³-hybridized carbons (Fsp3) is 0.107. The first-order chi connectivity index (χ1) is 18.4. The summed E-state index contributed by atoms with van der Waals surface area (Å²) in [6.07, 6.45) is 3.31. The lowest BCUT2D eigenvalue weighted by Gasteiger charge is -2.36. The molecule has 0 radical (unpaired) electrons. The SMILES string of the molecule is CC(=O)NC(c1ccc(F)cc1)(c1ccc2c(c1)c(-c1cccc(F)c1)cc1nnnn12)c1cncn1C. The summed E-state index contributed by atoms with van der Waals surface area (Å²) in [6, 6.07) is 19.7. The Bertz CT molecular complexity index is 1830. The van der Waals surface area contributed by atoms with Crippen LogP contribution in [0.4, 0.5) is 8.78 Å². The summed E-state index contributed by atoms with van der Waals surface area (Å²) >= 11 is 0. The zero-order valence-corrected chi connectivity index (χ0v) is 20.4. The predicted molar refractivity (Wildman–Crippen MR) is 137 cm³/mol. The van der Waals surface area contributed by atoms with E-state index in [9.17, 15) is 13.6 Å². The van der Waals surface area contributed by atoms with Crippen LogP contribution in [0.1, 0.15) is 23.7 Å². The standard InChI is InChI=1S/C28H21F2N7O/c1-17(38)32-28(26-15-31-16-36(26)2,19-6-9-21(29)10-7-19)20-8-11-25-24(13-20)23(14-27-33-34-35-37(25)27)18-4-3-5-22(30)12-18/h3-16H,1-2H3,(H,32,38). The highest BCUT2D eigenvalue weighted by Gasteiger charge is 2.40. The van der Waals surface area contributed by atoms with E-state index in [1.807, 2.05) is 35.9 Å². The molecule has 188 valence electrons. The van der Waals surface area contributed by atoms with Crippen LogP contribution in [0.2, 0.25) is 0 Å². The second-order valence-electron chi connectivity index (χ2n) is 9.08. The Hall–Kier alpha value is -4.99. The minimum absolute atomic E-state index is 0.295. The summed E-state index contributed by atoms with van der Waals surface area (Å²) in [6.45, 7) is 1.43. The highest BCUT2D eigenvalue weighted by atomic mass is 19.1. The lowest BCUT2D eigenvalue weighted by Crippen LogP contribution is -2.48. The van der Waals surface area contributed by atoms with E-state index < -0.39 is 11.4 Å². The first-order valence-electron chi connectivity index (χ1n) is 11.8.